The van der Waals surface area contributed by atoms with Gasteiger partial charge in [-0.2, -0.15) is 0 Å². The zero-order valence-corrected chi connectivity index (χ0v) is 13.0. The minimum atomic E-state index is 0.186. The molecule has 3 heteroatoms. The second-order valence-corrected chi connectivity index (χ2v) is 6.22. The summed E-state index contributed by atoms with van der Waals surface area (Å²) in [7, 11) is 4.39. The minimum absolute atomic E-state index is 0.186. The summed E-state index contributed by atoms with van der Waals surface area (Å²) in [6.45, 7) is 3.66. The number of likely N-dealkylation sites (N-methyl/N-ethyl adjacent to an activating group) is 1. The Bertz CT molecular complexity index is 377. The van der Waals surface area contributed by atoms with Crippen molar-refractivity contribution in [2.24, 2.45) is 5.73 Å². The molecule has 0 aliphatic carbocycles. The molecule has 1 heterocycles. The smallest absolute Gasteiger partial charge is 0.0295 e. The van der Waals surface area contributed by atoms with Gasteiger partial charge in [-0.3, -0.25) is 0 Å². The zero-order chi connectivity index (χ0) is 14.4. The van der Waals surface area contributed by atoms with Crippen LogP contribution in [-0.4, -0.2) is 49.6 Å². The van der Waals surface area contributed by atoms with Gasteiger partial charge in [0, 0.05) is 18.6 Å². The van der Waals surface area contributed by atoms with Crippen molar-refractivity contribution in [2.45, 2.75) is 37.8 Å². The van der Waals surface area contributed by atoms with Crippen molar-refractivity contribution in [2.75, 3.05) is 33.7 Å². The Balaban J connectivity index is 1.70. The van der Waals surface area contributed by atoms with E-state index in [1.54, 1.807) is 0 Å². The SMILES string of the molecule is CN(C)C1CCCN(CCCC(N)c2ccccc2)C1. The summed E-state index contributed by atoms with van der Waals surface area (Å²) in [5.74, 6) is 0. The average molecular weight is 275 g/mol. The first-order valence-corrected chi connectivity index (χ1v) is 7.86. The number of benzene rings is 1. The standard InChI is InChI=1S/C17H29N3/c1-19(2)16-10-6-12-20(14-16)13-7-11-17(18)15-8-4-3-5-9-15/h3-5,8-9,16-17H,6-7,10-14,18H2,1-2H3. The Kier molecular flexibility index (Phi) is 6.02. The van der Waals surface area contributed by atoms with E-state index in [1.807, 2.05) is 6.07 Å². The second-order valence-electron chi connectivity index (χ2n) is 6.22. The summed E-state index contributed by atoms with van der Waals surface area (Å²) in [4.78, 5) is 4.97. The molecule has 2 atom stereocenters. The van der Waals surface area contributed by atoms with Crippen molar-refractivity contribution in [1.29, 1.82) is 0 Å². The highest BCUT2D eigenvalue weighted by Crippen LogP contribution is 2.18. The maximum Gasteiger partial charge on any atom is 0.0295 e. The molecule has 0 aromatic heterocycles. The molecule has 1 aromatic carbocycles. The Labute approximate surface area is 123 Å². The van der Waals surface area contributed by atoms with Gasteiger partial charge in [-0.25, -0.2) is 0 Å². The van der Waals surface area contributed by atoms with Crippen LogP contribution in [0, 0.1) is 0 Å². The number of nitrogens with two attached hydrogens (primary N) is 1. The third-order valence-electron chi connectivity index (χ3n) is 4.43. The fourth-order valence-electron chi connectivity index (χ4n) is 3.06. The van der Waals surface area contributed by atoms with Gasteiger partial charge in [0.25, 0.3) is 0 Å². The van der Waals surface area contributed by atoms with Crippen LogP contribution in [0.25, 0.3) is 0 Å². The number of hydrogen-bond donors (Lipinski definition) is 1. The molecular weight excluding hydrogens is 246 g/mol. The molecular formula is C17H29N3. The zero-order valence-electron chi connectivity index (χ0n) is 13.0. The van der Waals surface area contributed by atoms with Crippen LogP contribution in [0.1, 0.15) is 37.3 Å². The maximum atomic E-state index is 6.26. The lowest BCUT2D eigenvalue weighted by Gasteiger charge is -2.36. The molecule has 1 aromatic rings. The van der Waals surface area contributed by atoms with Crippen LogP contribution in [-0.2, 0) is 0 Å². The molecule has 20 heavy (non-hydrogen) atoms. The Morgan fingerprint density at radius 1 is 1.30 bits per heavy atom. The van der Waals surface area contributed by atoms with E-state index in [4.69, 9.17) is 5.73 Å². The van der Waals surface area contributed by atoms with Crippen LogP contribution in [0.3, 0.4) is 0 Å². The summed E-state index contributed by atoms with van der Waals surface area (Å²) in [5.41, 5.74) is 7.52. The maximum absolute atomic E-state index is 6.26. The van der Waals surface area contributed by atoms with E-state index >= 15 is 0 Å². The monoisotopic (exact) mass is 275 g/mol. The molecule has 2 N–H and O–H groups in total. The average Bonchev–Trinajstić information content (AvgIpc) is 2.48. The number of nitrogens with zero attached hydrogens (tertiary/aromatic N) is 2. The molecule has 2 rings (SSSR count). The normalized spacial score (nSPS) is 22.1. The van der Waals surface area contributed by atoms with E-state index in [9.17, 15) is 0 Å². The molecule has 1 aliphatic heterocycles. The quantitative estimate of drug-likeness (QED) is 0.866. The van der Waals surface area contributed by atoms with Gasteiger partial charge in [0.1, 0.15) is 0 Å². The highest BCUT2D eigenvalue weighted by atomic mass is 15.2. The summed E-state index contributed by atoms with van der Waals surface area (Å²) in [6, 6.07) is 11.4. The Morgan fingerprint density at radius 3 is 2.75 bits per heavy atom. The van der Waals surface area contributed by atoms with E-state index in [-0.39, 0.29) is 6.04 Å². The van der Waals surface area contributed by atoms with Crippen molar-refractivity contribution >= 4 is 0 Å². The number of piperidine rings is 1. The number of likely N-dealkylation sites (tertiary alicyclic amines) is 1. The minimum Gasteiger partial charge on any atom is -0.324 e. The number of hydrogen-bond acceptors (Lipinski definition) is 3. The van der Waals surface area contributed by atoms with Gasteiger partial charge in [-0.05, 0) is 58.4 Å². The Hall–Kier alpha value is -0.900. The van der Waals surface area contributed by atoms with Crippen molar-refractivity contribution < 1.29 is 0 Å². The molecule has 1 aliphatic rings. The van der Waals surface area contributed by atoms with Gasteiger partial charge in [0.2, 0.25) is 0 Å². The number of rotatable bonds is 6. The van der Waals surface area contributed by atoms with Gasteiger partial charge in [0.05, 0.1) is 0 Å². The summed E-state index contributed by atoms with van der Waals surface area (Å²) >= 11 is 0. The van der Waals surface area contributed by atoms with Gasteiger partial charge >= 0.3 is 0 Å². The molecule has 0 saturated carbocycles. The van der Waals surface area contributed by atoms with E-state index in [0.29, 0.717) is 0 Å². The molecule has 0 amide bonds. The fraction of sp³-hybridized carbons (Fsp3) is 0.647. The predicted octanol–water partition coefficient (Wildman–Crippen LogP) is 2.49. The van der Waals surface area contributed by atoms with Crippen LogP contribution in [0.2, 0.25) is 0 Å². The van der Waals surface area contributed by atoms with Crippen LogP contribution in [0.5, 0.6) is 0 Å². The van der Waals surface area contributed by atoms with Crippen LogP contribution in [0.15, 0.2) is 30.3 Å². The van der Waals surface area contributed by atoms with Crippen LogP contribution in [0.4, 0.5) is 0 Å². The van der Waals surface area contributed by atoms with Gasteiger partial charge in [-0.1, -0.05) is 30.3 Å². The molecule has 2 unspecified atom stereocenters. The second kappa shape index (κ2) is 7.77. The van der Waals surface area contributed by atoms with Gasteiger partial charge in [0.15, 0.2) is 0 Å². The largest absolute Gasteiger partial charge is 0.324 e. The molecule has 1 saturated heterocycles. The molecule has 112 valence electrons. The van der Waals surface area contributed by atoms with Crippen molar-refractivity contribution in [1.82, 2.24) is 9.80 Å². The summed E-state index contributed by atoms with van der Waals surface area (Å²) in [5, 5.41) is 0. The van der Waals surface area contributed by atoms with Crippen molar-refractivity contribution in [3.05, 3.63) is 35.9 Å². The molecule has 0 bridgehead atoms. The van der Waals surface area contributed by atoms with Crippen molar-refractivity contribution in [3.8, 4) is 0 Å². The van der Waals surface area contributed by atoms with Gasteiger partial charge in [-0.15, -0.1) is 0 Å². The Morgan fingerprint density at radius 2 is 2.05 bits per heavy atom. The predicted molar refractivity (Wildman–Crippen MR) is 85.8 cm³/mol. The third-order valence-corrected chi connectivity index (χ3v) is 4.43. The molecule has 1 fully saturated rings. The van der Waals surface area contributed by atoms with Crippen LogP contribution >= 0.6 is 0 Å². The van der Waals surface area contributed by atoms with E-state index in [2.05, 4.69) is 48.2 Å². The first kappa shape index (κ1) is 15.5. The topological polar surface area (TPSA) is 32.5 Å². The summed E-state index contributed by atoms with van der Waals surface area (Å²) in [6.07, 6.45) is 4.93. The van der Waals surface area contributed by atoms with E-state index in [0.717, 1.165) is 12.5 Å². The first-order valence-electron chi connectivity index (χ1n) is 7.86. The highest BCUT2D eigenvalue weighted by Gasteiger charge is 2.20. The fourth-order valence-corrected chi connectivity index (χ4v) is 3.06. The lowest BCUT2D eigenvalue weighted by atomic mass is 10.0. The molecule has 0 radical (unpaired) electrons. The molecule has 0 spiro atoms. The molecule has 3 nitrogen and oxygen atoms in total. The first-order chi connectivity index (χ1) is 9.66. The lowest BCUT2D eigenvalue weighted by Crippen LogP contribution is -2.45. The third kappa shape index (κ3) is 4.58. The van der Waals surface area contributed by atoms with E-state index in [1.165, 1.54) is 44.5 Å². The van der Waals surface area contributed by atoms with Gasteiger partial charge < -0.3 is 15.5 Å². The van der Waals surface area contributed by atoms with Crippen molar-refractivity contribution in [3.63, 3.8) is 0 Å². The van der Waals surface area contributed by atoms with Crippen LogP contribution < -0.4 is 5.73 Å². The highest BCUT2D eigenvalue weighted by molar-refractivity contribution is 5.18. The lowest BCUT2D eigenvalue weighted by molar-refractivity contribution is 0.131. The summed E-state index contributed by atoms with van der Waals surface area (Å²) < 4.78 is 0. The van der Waals surface area contributed by atoms with E-state index < -0.39 is 0 Å².